The van der Waals surface area contributed by atoms with Crippen LogP contribution < -0.4 is 4.90 Å². The zero-order chi connectivity index (χ0) is 14.0. The molecule has 1 aliphatic rings. The van der Waals surface area contributed by atoms with Crippen LogP contribution in [0, 0.1) is 0 Å². The molecule has 0 fully saturated rings. The number of carboxylic acids is 1. The van der Waals surface area contributed by atoms with Gasteiger partial charge in [-0.25, -0.2) is 0 Å². The van der Waals surface area contributed by atoms with E-state index in [1.165, 1.54) is 6.92 Å². The molecular formula is C14H17NO4. The second-order valence-corrected chi connectivity index (χ2v) is 4.78. The van der Waals surface area contributed by atoms with E-state index in [1.54, 1.807) is 23.1 Å². The predicted octanol–water partition coefficient (Wildman–Crippen LogP) is 1.49. The van der Waals surface area contributed by atoms with Gasteiger partial charge in [0.1, 0.15) is 0 Å². The number of fused-ring (bicyclic) bond motifs is 1. The molecule has 0 bridgehead atoms. The summed E-state index contributed by atoms with van der Waals surface area (Å²) in [5, 5.41) is 18.5. The Labute approximate surface area is 111 Å². The first-order chi connectivity index (χ1) is 8.99. The van der Waals surface area contributed by atoms with E-state index >= 15 is 0 Å². The van der Waals surface area contributed by atoms with Crippen LogP contribution >= 0.6 is 0 Å². The highest BCUT2D eigenvalue weighted by Gasteiger charge is 2.21. The van der Waals surface area contributed by atoms with E-state index in [2.05, 4.69) is 0 Å². The molecule has 1 aliphatic heterocycles. The molecule has 1 aromatic rings. The van der Waals surface area contributed by atoms with E-state index in [4.69, 9.17) is 5.11 Å². The lowest BCUT2D eigenvalue weighted by molar-refractivity contribution is -0.139. The Morgan fingerprint density at radius 1 is 1.42 bits per heavy atom. The maximum Gasteiger partial charge on any atom is 0.306 e. The quantitative estimate of drug-likeness (QED) is 0.866. The van der Waals surface area contributed by atoms with Gasteiger partial charge in [-0.1, -0.05) is 12.1 Å². The SMILES string of the molecule is CC(=O)N1CCCc2cc(C(O)CC(=O)O)ccc21. The third kappa shape index (κ3) is 2.93. The van der Waals surface area contributed by atoms with Crippen LogP contribution in [0.4, 0.5) is 5.69 Å². The van der Waals surface area contributed by atoms with Crippen LogP contribution in [-0.4, -0.2) is 28.6 Å². The van der Waals surface area contributed by atoms with Crippen LogP contribution in [0.3, 0.4) is 0 Å². The molecule has 0 saturated carbocycles. The number of aliphatic hydroxyl groups is 1. The van der Waals surface area contributed by atoms with Gasteiger partial charge in [-0.3, -0.25) is 9.59 Å². The number of hydrogen-bond donors (Lipinski definition) is 2. The van der Waals surface area contributed by atoms with Crippen molar-refractivity contribution in [2.75, 3.05) is 11.4 Å². The molecule has 2 rings (SSSR count). The lowest BCUT2D eigenvalue weighted by Crippen LogP contribution is -2.33. The number of aliphatic carboxylic acids is 1. The predicted molar refractivity (Wildman–Crippen MR) is 70.0 cm³/mol. The van der Waals surface area contributed by atoms with Gasteiger partial charge in [0.25, 0.3) is 0 Å². The number of carboxylic acid groups (broad SMARTS) is 1. The minimum absolute atomic E-state index is 0.000200. The molecule has 0 saturated heterocycles. The minimum atomic E-state index is -1.03. The summed E-state index contributed by atoms with van der Waals surface area (Å²) in [7, 11) is 0. The van der Waals surface area contributed by atoms with Crippen molar-refractivity contribution in [3.8, 4) is 0 Å². The second kappa shape index (κ2) is 5.40. The Kier molecular flexibility index (Phi) is 3.85. The fourth-order valence-corrected chi connectivity index (χ4v) is 2.43. The summed E-state index contributed by atoms with van der Waals surface area (Å²) in [5.41, 5.74) is 2.44. The van der Waals surface area contributed by atoms with E-state index in [1.807, 2.05) is 0 Å². The van der Waals surface area contributed by atoms with Gasteiger partial charge in [0.2, 0.25) is 5.91 Å². The molecule has 0 radical (unpaired) electrons. The zero-order valence-corrected chi connectivity index (χ0v) is 10.8. The van der Waals surface area contributed by atoms with Gasteiger partial charge in [-0.05, 0) is 30.0 Å². The van der Waals surface area contributed by atoms with Gasteiger partial charge in [-0.15, -0.1) is 0 Å². The first-order valence-corrected chi connectivity index (χ1v) is 6.30. The Morgan fingerprint density at radius 2 is 2.16 bits per heavy atom. The number of carbonyl (C=O) groups excluding carboxylic acids is 1. The second-order valence-electron chi connectivity index (χ2n) is 4.78. The van der Waals surface area contributed by atoms with Crippen molar-refractivity contribution in [3.05, 3.63) is 29.3 Å². The number of benzene rings is 1. The van der Waals surface area contributed by atoms with Crippen molar-refractivity contribution in [2.45, 2.75) is 32.3 Å². The van der Waals surface area contributed by atoms with Crippen LogP contribution in [0.5, 0.6) is 0 Å². The highest BCUT2D eigenvalue weighted by Crippen LogP contribution is 2.30. The highest BCUT2D eigenvalue weighted by atomic mass is 16.4. The fraction of sp³-hybridized carbons (Fsp3) is 0.429. The molecule has 1 atom stereocenters. The smallest absolute Gasteiger partial charge is 0.306 e. The standard InChI is InChI=1S/C14H17NO4/c1-9(16)15-6-2-3-10-7-11(4-5-12(10)15)13(17)8-14(18)19/h4-5,7,13,17H,2-3,6,8H2,1H3,(H,18,19). The largest absolute Gasteiger partial charge is 0.481 e. The van der Waals surface area contributed by atoms with E-state index in [9.17, 15) is 14.7 Å². The van der Waals surface area contributed by atoms with Crippen molar-refractivity contribution in [2.24, 2.45) is 0 Å². The maximum absolute atomic E-state index is 11.5. The fourth-order valence-electron chi connectivity index (χ4n) is 2.43. The summed E-state index contributed by atoms with van der Waals surface area (Å²) in [6, 6.07) is 5.28. The summed E-state index contributed by atoms with van der Waals surface area (Å²) in [4.78, 5) is 23.8. The van der Waals surface area contributed by atoms with Crippen molar-refractivity contribution in [3.63, 3.8) is 0 Å². The molecular weight excluding hydrogens is 246 g/mol. The molecule has 1 aromatic carbocycles. The summed E-state index contributed by atoms with van der Waals surface area (Å²) >= 11 is 0. The van der Waals surface area contributed by atoms with Gasteiger partial charge in [0.05, 0.1) is 12.5 Å². The Morgan fingerprint density at radius 3 is 2.79 bits per heavy atom. The Hall–Kier alpha value is -1.88. The van der Waals surface area contributed by atoms with Crippen LogP contribution in [0.15, 0.2) is 18.2 Å². The molecule has 1 unspecified atom stereocenters. The van der Waals surface area contributed by atoms with Crippen molar-refractivity contribution in [1.82, 2.24) is 0 Å². The van der Waals surface area contributed by atoms with E-state index in [0.717, 1.165) is 24.1 Å². The molecule has 1 amide bonds. The number of aliphatic hydroxyl groups excluding tert-OH is 1. The summed E-state index contributed by atoms with van der Waals surface area (Å²) in [6.07, 6.45) is 0.406. The number of aryl methyl sites for hydroxylation is 1. The summed E-state index contributed by atoms with van der Waals surface area (Å²) < 4.78 is 0. The lowest BCUT2D eigenvalue weighted by atomic mass is 9.96. The lowest BCUT2D eigenvalue weighted by Gasteiger charge is -2.29. The number of carbonyl (C=O) groups is 2. The van der Waals surface area contributed by atoms with Gasteiger partial charge in [-0.2, -0.15) is 0 Å². The molecule has 102 valence electrons. The van der Waals surface area contributed by atoms with Crippen molar-refractivity contribution < 1.29 is 19.8 Å². The maximum atomic E-state index is 11.5. The molecule has 5 heteroatoms. The van der Waals surface area contributed by atoms with Crippen molar-refractivity contribution >= 4 is 17.6 Å². The van der Waals surface area contributed by atoms with Crippen molar-refractivity contribution in [1.29, 1.82) is 0 Å². The van der Waals surface area contributed by atoms with Crippen LogP contribution in [0.2, 0.25) is 0 Å². The minimum Gasteiger partial charge on any atom is -0.481 e. The zero-order valence-electron chi connectivity index (χ0n) is 10.8. The van der Waals surface area contributed by atoms with Crippen LogP contribution in [0.1, 0.15) is 37.0 Å². The average Bonchev–Trinajstić information content (AvgIpc) is 2.36. The molecule has 0 aromatic heterocycles. The highest BCUT2D eigenvalue weighted by molar-refractivity contribution is 5.92. The van der Waals surface area contributed by atoms with E-state index in [0.29, 0.717) is 12.1 Å². The van der Waals surface area contributed by atoms with Gasteiger partial charge < -0.3 is 15.1 Å². The third-order valence-corrected chi connectivity index (χ3v) is 3.36. The Bertz CT molecular complexity index is 512. The van der Waals surface area contributed by atoms with E-state index in [-0.39, 0.29) is 12.3 Å². The first-order valence-electron chi connectivity index (χ1n) is 6.30. The molecule has 1 heterocycles. The number of hydrogen-bond acceptors (Lipinski definition) is 3. The topological polar surface area (TPSA) is 77.8 Å². The van der Waals surface area contributed by atoms with Crippen LogP contribution in [0.25, 0.3) is 0 Å². The monoisotopic (exact) mass is 263 g/mol. The van der Waals surface area contributed by atoms with Gasteiger partial charge in [0.15, 0.2) is 0 Å². The number of anilines is 1. The molecule has 0 aliphatic carbocycles. The summed E-state index contributed by atoms with van der Waals surface area (Å²) in [5.74, 6) is -1.03. The Balaban J connectivity index is 2.28. The first kappa shape index (κ1) is 13.5. The van der Waals surface area contributed by atoms with E-state index < -0.39 is 12.1 Å². The molecule has 5 nitrogen and oxygen atoms in total. The molecule has 19 heavy (non-hydrogen) atoms. The normalized spacial score (nSPS) is 15.8. The average molecular weight is 263 g/mol. The number of amides is 1. The number of rotatable bonds is 3. The summed E-state index contributed by atoms with van der Waals surface area (Å²) in [6.45, 7) is 2.24. The third-order valence-electron chi connectivity index (χ3n) is 3.36. The molecule has 2 N–H and O–H groups in total. The molecule has 0 spiro atoms. The number of nitrogens with zero attached hydrogens (tertiary/aromatic N) is 1. The van der Waals surface area contributed by atoms with Crippen LogP contribution in [-0.2, 0) is 16.0 Å². The van der Waals surface area contributed by atoms with Gasteiger partial charge >= 0.3 is 5.97 Å². The van der Waals surface area contributed by atoms with Gasteiger partial charge in [0, 0.05) is 19.2 Å².